The van der Waals surface area contributed by atoms with E-state index in [1.165, 1.54) is 5.56 Å². The molecule has 0 aliphatic carbocycles. The van der Waals surface area contributed by atoms with Crippen LogP contribution in [0.3, 0.4) is 0 Å². The first kappa shape index (κ1) is 22.2. The number of piperidine rings is 1. The number of ether oxygens (including phenoxy) is 1. The van der Waals surface area contributed by atoms with Crippen molar-refractivity contribution in [1.82, 2.24) is 19.4 Å². The lowest BCUT2D eigenvalue weighted by Crippen LogP contribution is -2.49. The number of aromatic nitrogens is 2. The Morgan fingerprint density at radius 2 is 1.74 bits per heavy atom. The number of fused-ring (bicyclic) bond motifs is 4. The Labute approximate surface area is 205 Å². The number of benzene rings is 1. The van der Waals surface area contributed by atoms with Gasteiger partial charge in [-0.1, -0.05) is 24.3 Å². The first-order chi connectivity index (χ1) is 17.2. The molecule has 2 aromatic heterocycles. The average Bonchev–Trinajstić information content (AvgIpc) is 2.90. The zero-order valence-corrected chi connectivity index (χ0v) is 19.8. The molecule has 2 saturated heterocycles. The van der Waals surface area contributed by atoms with E-state index in [2.05, 4.69) is 28.1 Å². The van der Waals surface area contributed by atoms with Gasteiger partial charge in [0.1, 0.15) is 0 Å². The molecule has 0 spiro atoms. The largest absolute Gasteiger partial charge is 0.379 e. The molecular weight excluding hydrogens is 440 g/mol. The Balaban J connectivity index is 1.29. The lowest BCUT2D eigenvalue weighted by molar-refractivity contribution is 0.0342. The first-order valence-electron chi connectivity index (χ1n) is 12.5. The molecule has 0 radical (unpaired) electrons. The second-order valence-electron chi connectivity index (χ2n) is 9.88. The number of nitrogens with zero attached hydrogens (tertiary/aromatic N) is 4. The predicted octanol–water partition coefficient (Wildman–Crippen LogP) is 3.00. The number of carbonyl (C=O) groups excluding carboxylic acids is 1. The summed E-state index contributed by atoms with van der Waals surface area (Å²) >= 11 is 0. The predicted molar refractivity (Wildman–Crippen MR) is 133 cm³/mol. The second-order valence-corrected chi connectivity index (χ2v) is 9.88. The van der Waals surface area contributed by atoms with Crippen LogP contribution in [-0.2, 0) is 17.8 Å². The van der Waals surface area contributed by atoms with Gasteiger partial charge in [-0.15, -0.1) is 0 Å². The summed E-state index contributed by atoms with van der Waals surface area (Å²) in [4.78, 5) is 35.2. The van der Waals surface area contributed by atoms with E-state index in [0.29, 0.717) is 25.2 Å². The number of hydrogen-bond donors (Lipinski definition) is 0. The Morgan fingerprint density at radius 3 is 2.57 bits per heavy atom. The van der Waals surface area contributed by atoms with Crippen molar-refractivity contribution in [2.75, 3.05) is 39.4 Å². The maximum absolute atomic E-state index is 13.8. The van der Waals surface area contributed by atoms with Gasteiger partial charge in [0.25, 0.3) is 11.5 Å². The van der Waals surface area contributed by atoms with E-state index in [4.69, 9.17) is 4.74 Å². The molecule has 2 fully saturated rings. The summed E-state index contributed by atoms with van der Waals surface area (Å²) in [5, 5.41) is 0. The average molecular weight is 471 g/mol. The normalized spacial score (nSPS) is 22.0. The van der Waals surface area contributed by atoms with E-state index in [1.807, 2.05) is 27.7 Å². The van der Waals surface area contributed by atoms with Crippen molar-refractivity contribution < 1.29 is 9.53 Å². The minimum absolute atomic E-state index is 0.0477. The summed E-state index contributed by atoms with van der Waals surface area (Å²) in [6.45, 7) is 6.14. The highest BCUT2D eigenvalue weighted by Crippen LogP contribution is 2.36. The molecule has 3 aliphatic rings. The molecule has 1 amide bonds. The zero-order chi connectivity index (χ0) is 23.8. The van der Waals surface area contributed by atoms with Gasteiger partial charge >= 0.3 is 0 Å². The SMILES string of the molecule is O=C(c1ccncc1)N1CC2CC(C1)c1ccc(-c3ccccc3CN3CCOCC3)c(=O)n1C2. The Hall–Kier alpha value is -3.29. The third kappa shape index (κ3) is 4.30. The van der Waals surface area contributed by atoms with Crippen LogP contribution in [0, 0.1) is 5.92 Å². The molecule has 7 nitrogen and oxygen atoms in total. The fourth-order valence-electron chi connectivity index (χ4n) is 5.91. The van der Waals surface area contributed by atoms with Crippen LogP contribution in [0.4, 0.5) is 0 Å². The van der Waals surface area contributed by atoms with Crippen molar-refractivity contribution in [3.63, 3.8) is 0 Å². The lowest BCUT2D eigenvalue weighted by atomic mass is 9.82. The minimum atomic E-state index is 0.0477. The fourth-order valence-corrected chi connectivity index (χ4v) is 5.91. The van der Waals surface area contributed by atoms with Crippen LogP contribution >= 0.6 is 0 Å². The molecule has 180 valence electrons. The van der Waals surface area contributed by atoms with Gasteiger partial charge < -0.3 is 14.2 Å². The van der Waals surface area contributed by atoms with Gasteiger partial charge in [-0.2, -0.15) is 0 Å². The van der Waals surface area contributed by atoms with Crippen LogP contribution in [0.2, 0.25) is 0 Å². The van der Waals surface area contributed by atoms with Crippen molar-refractivity contribution in [3.8, 4) is 11.1 Å². The van der Waals surface area contributed by atoms with E-state index in [9.17, 15) is 9.59 Å². The summed E-state index contributed by atoms with van der Waals surface area (Å²) < 4.78 is 7.48. The van der Waals surface area contributed by atoms with Crippen LogP contribution in [-0.4, -0.2) is 64.7 Å². The summed E-state index contributed by atoms with van der Waals surface area (Å²) in [6.07, 6.45) is 4.34. The maximum atomic E-state index is 13.8. The van der Waals surface area contributed by atoms with Gasteiger partial charge in [0.05, 0.1) is 13.2 Å². The van der Waals surface area contributed by atoms with Crippen molar-refractivity contribution >= 4 is 5.91 Å². The van der Waals surface area contributed by atoms with E-state index in [1.54, 1.807) is 24.5 Å². The molecule has 1 aromatic carbocycles. The third-order valence-corrected chi connectivity index (χ3v) is 7.62. The number of likely N-dealkylation sites (tertiary alicyclic amines) is 1. The van der Waals surface area contributed by atoms with Crippen LogP contribution in [0.5, 0.6) is 0 Å². The molecule has 5 heterocycles. The maximum Gasteiger partial charge on any atom is 0.258 e. The van der Waals surface area contributed by atoms with Crippen molar-refractivity contribution in [2.45, 2.75) is 25.4 Å². The minimum Gasteiger partial charge on any atom is -0.379 e. The molecule has 7 heteroatoms. The number of morpholine rings is 1. The summed E-state index contributed by atoms with van der Waals surface area (Å²) in [5.74, 6) is 0.508. The molecule has 2 bridgehead atoms. The molecular formula is C28H30N4O3. The Morgan fingerprint density at radius 1 is 0.943 bits per heavy atom. The Kier molecular flexibility index (Phi) is 5.96. The second kappa shape index (κ2) is 9.40. The van der Waals surface area contributed by atoms with Gasteiger partial charge in [0, 0.05) is 74.4 Å². The van der Waals surface area contributed by atoms with Crippen LogP contribution in [0.25, 0.3) is 11.1 Å². The molecule has 0 N–H and O–H groups in total. The quantitative estimate of drug-likeness (QED) is 0.587. The number of rotatable bonds is 4. The van der Waals surface area contributed by atoms with Gasteiger partial charge in [0.15, 0.2) is 0 Å². The monoisotopic (exact) mass is 470 g/mol. The molecule has 2 atom stereocenters. The Bertz CT molecular complexity index is 1280. The number of hydrogen-bond acceptors (Lipinski definition) is 5. The highest BCUT2D eigenvalue weighted by atomic mass is 16.5. The molecule has 3 aromatic rings. The lowest BCUT2D eigenvalue weighted by Gasteiger charge is -2.43. The van der Waals surface area contributed by atoms with Crippen LogP contribution in [0.1, 0.15) is 34.0 Å². The highest BCUT2D eigenvalue weighted by Gasteiger charge is 2.37. The van der Waals surface area contributed by atoms with Crippen molar-refractivity contribution in [2.24, 2.45) is 5.92 Å². The topological polar surface area (TPSA) is 67.7 Å². The fraction of sp³-hybridized carbons (Fsp3) is 0.393. The van der Waals surface area contributed by atoms with Gasteiger partial charge in [-0.3, -0.25) is 19.5 Å². The smallest absolute Gasteiger partial charge is 0.258 e. The molecule has 0 saturated carbocycles. The van der Waals surface area contributed by atoms with Crippen molar-refractivity contribution in [3.05, 3.63) is 88.1 Å². The molecule has 2 unspecified atom stereocenters. The number of pyridine rings is 2. The van der Waals surface area contributed by atoms with E-state index in [-0.39, 0.29) is 23.3 Å². The number of amides is 1. The third-order valence-electron chi connectivity index (χ3n) is 7.62. The molecule has 35 heavy (non-hydrogen) atoms. The van der Waals surface area contributed by atoms with Gasteiger partial charge in [0.2, 0.25) is 0 Å². The van der Waals surface area contributed by atoms with Crippen molar-refractivity contribution in [1.29, 1.82) is 0 Å². The van der Waals surface area contributed by atoms with Crippen LogP contribution in [0.15, 0.2) is 65.7 Å². The van der Waals surface area contributed by atoms with Gasteiger partial charge in [-0.05, 0) is 47.7 Å². The number of carbonyl (C=O) groups is 1. The zero-order valence-electron chi connectivity index (χ0n) is 19.8. The highest BCUT2D eigenvalue weighted by molar-refractivity contribution is 5.94. The molecule has 6 rings (SSSR count). The summed E-state index contributed by atoms with van der Waals surface area (Å²) in [7, 11) is 0. The molecule has 3 aliphatic heterocycles. The van der Waals surface area contributed by atoms with E-state index >= 15 is 0 Å². The summed E-state index contributed by atoms with van der Waals surface area (Å²) in [6, 6.07) is 15.9. The van der Waals surface area contributed by atoms with Gasteiger partial charge in [-0.25, -0.2) is 0 Å². The summed E-state index contributed by atoms with van der Waals surface area (Å²) in [5.41, 5.74) is 4.77. The van der Waals surface area contributed by atoms with E-state index < -0.39 is 0 Å². The van der Waals surface area contributed by atoms with E-state index in [0.717, 1.165) is 56.1 Å². The standard InChI is InChI=1S/C28H30N4O3/c33-27(21-7-9-29-10-8-21)31-16-20-15-23(19-31)26-6-5-25(28(34)32(26)17-20)24-4-2-1-3-22(24)18-30-11-13-35-14-12-30/h1-10,20,23H,11-19H2. The van der Waals surface area contributed by atoms with Crippen LogP contribution < -0.4 is 5.56 Å². The first-order valence-corrected chi connectivity index (χ1v) is 12.5.